The maximum Gasteiger partial charge on any atom is 0.192 e. The van der Waals surface area contributed by atoms with E-state index in [1.807, 2.05) is 0 Å². The van der Waals surface area contributed by atoms with Crippen molar-refractivity contribution in [2.24, 2.45) is 0 Å². The Morgan fingerprint density at radius 3 is 3.10 bits per heavy atom. The molecule has 1 saturated heterocycles. The van der Waals surface area contributed by atoms with Crippen molar-refractivity contribution in [2.45, 2.75) is 25.0 Å². The normalized spacial score (nSPS) is 27.9. The molecule has 2 nitrogen and oxygen atoms in total. The van der Waals surface area contributed by atoms with E-state index in [0.717, 1.165) is 6.61 Å². The first-order valence-electron chi connectivity index (χ1n) is 3.69. The van der Waals surface area contributed by atoms with E-state index in [0.29, 0.717) is 11.8 Å². The second-order valence-electron chi connectivity index (χ2n) is 2.47. The summed E-state index contributed by atoms with van der Waals surface area (Å²) in [6, 6.07) is 0.339. The van der Waals surface area contributed by atoms with E-state index in [4.69, 9.17) is 20.8 Å². The van der Waals surface area contributed by atoms with Crippen LogP contribution in [0, 0.1) is 0 Å². The Balaban J connectivity index is 2.02. The lowest BCUT2D eigenvalue weighted by molar-refractivity contribution is 0.0566. The Hall–Kier alpha value is 0.427. The topological polar surface area (TPSA) is 18.5 Å². The zero-order valence-electron chi connectivity index (χ0n) is 6.01. The molecule has 0 saturated carbocycles. The van der Waals surface area contributed by atoms with Gasteiger partial charge in [0, 0.05) is 6.61 Å². The summed E-state index contributed by atoms with van der Waals surface area (Å²) in [6.45, 7) is 0.920. The maximum absolute atomic E-state index is 5.46. The molecule has 0 aromatic rings. The van der Waals surface area contributed by atoms with Crippen LogP contribution in [0.15, 0.2) is 0 Å². The standard InChI is InChI=1S/C6H13ClO2Si/c7-5-9-10-6-3-1-2-4-8-6/h6H,1-5,10H2. The third kappa shape index (κ3) is 3.01. The van der Waals surface area contributed by atoms with Crippen LogP contribution < -0.4 is 0 Å². The summed E-state index contributed by atoms with van der Waals surface area (Å²) < 4.78 is 10.6. The van der Waals surface area contributed by atoms with Gasteiger partial charge in [0.25, 0.3) is 0 Å². The average Bonchev–Trinajstić information content (AvgIpc) is 2.03. The minimum atomic E-state index is -0.489. The van der Waals surface area contributed by atoms with Gasteiger partial charge >= 0.3 is 0 Å². The number of hydrogen-bond acceptors (Lipinski definition) is 2. The number of rotatable bonds is 3. The van der Waals surface area contributed by atoms with E-state index < -0.39 is 9.76 Å². The van der Waals surface area contributed by atoms with Gasteiger partial charge in [0.1, 0.15) is 6.07 Å². The predicted octanol–water partition coefficient (Wildman–Crippen LogP) is 0.810. The number of halogens is 1. The van der Waals surface area contributed by atoms with E-state index in [-0.39, 0.29) is 0 Å². The quantitative estimate of drug-likeness (QED) is 0.473. The van der Waals surface area contributed by atoms with Crippen molar-refractivity contribution in [2.75, 3.05) is 12.7 Å². The molecule has 10 heavy (non-hydrogen) atoms. The first kappa shape index (κ1) is 8.52. The fourth-order valence-corrected chi connectivity index (χ4v) is 2.45. The van der Waals surface area contributed by atoms with Gasteiger partial charge in [-0.15, -0.1) is 0 Å². The van der Waals surface area contributed by atoms with Gasteiger partial charge in [-0.05, 0) is 19.3 Å². The average molecular weight is 181 g/mol. The third-order valence-electron chi connectivity index (χ3n) is 1.65. The lowest BCUT2D eigenvalue weighted by Gasteiger charge is -2.21. The molecule has 0 N–H and O–H groups in total. The van der Waals surface area contributed by atoms with Gasteiger partial charge in [0.05, 0.1) is 5.73 Å². The van der Waals surface area contributed by atoms with Crippen molar-refractivity contribution < 1.29 is 9.16 Å². The predicted molar refractivity (Wildman–Crippen MR) is 43.9 cm³/mol. The SMILES string of the molecule is ClCO[SiH2]C1CCCCO1. The van der Waals surface area contributed by atoms with Crippen LogP contribution >= 0.6 is 11.6 Å². The molecule has 1 aliphatic heterocycles. The fraction of sp³-hybridized carbons (Fsp3) is 1.00. The summed E-state index contributed by atoms with van der Waals surface area (Å²) >= 11 is 5.38. The monoisotopic (exact) mass is 180 g/mol. The van der Waals surface area contributed by atoms with E-state index in [1.54, 1.807) is 0 Å². The van der Waals surface area contributed by atoms with Gasteiger partial charge in [0.2, 0.25) is 0 Å². The second-order valence-corrected chi connectivity index (χ2v) is 4.34. The van der Waals surface area contributed by atoms with Gasteiger partial charge in [-0.1, -0.05) is 11.6 Å². The summed E-state index contributed by atoms with van der Waals surface area (Å²) in [6.07, 6.45) is 3.69. The molecule has 0 amide bonds. The van der Waals surface area contributed by atoms with Crippen LogP contribution in [-0.2, 0) is 9.16 Å². The lowest BCUT2D eigenvalue weighted by atomic mass is 10.2. The molecule has 0 aromatic carbocycles. The highest BCUT2D eigenvalue weighted by atomic mass is 35.5. The molecule has 1 heterocycles. The molecule has 0 spiro atoms. The number of alkyl halides is 1. The van der Waals surface area contributed by atoms with Crippen molar-refractivity contribution >= 4 is 21.4 Å². The fourth-order valence-electron chi connectivity index (χ4n) is 1.11. The Bertz CT molecular complexity index is 85.8. The van der Waals surface area contributed by atoms with E-state index >= 15 is 0 Å². The van der Waals surface area contributed by atoms with Crippen molar-refractivity contribution in [3.63, 3.8) is 0 Å². The molecule has 0 aliphatic carbocycles. The smallest absolute Gasteiger partial charge is 0.192 e. The summed E-state index contributed by atoms with van der Waals surface area (Å²) in [4.78, 5) is 0. The van der Waals surface area contributed by atoms with Crippen molar-refractivity contribution in [3.8, 4) is 0 Å². The van der Waals surface area contributed by atoms with Crippen LogP contribution in [0.3, 0.4) is 0 Å². The van der Waals surface area contributed by atoms with Crippen LogP contribution in [0.1, 0.15) is 19.3 Å². The molecule has 1 rings (SSSR count). The highest BCUT2D eigenvalue weighted by Crippen LogP contribution is 2.11. The molecular formula is C6H13ClO2Si. The first-order chi connectivity index (χ1) is 4.93. The van der Waals surface area contributed by atoms with Gasteiger partial charge in [0.15, 0.2) is 9.76 Å². The lowest BCUT2D eigenvalue weighted by Crippen LogP contribution is -2.27. The van der Waals surface area contributed by atoms with Gasteiger partial charge in [-0.25, -0.2) is 0 Å². The van der Waals surface area contributed by atoms with Crippen LogP contribution in [0.4, 0.5) is 0 Å². The molecule has 0 bridgehead atoms. The van der Waals surface area contributed by atoms with Gasteiger partial charge in [-0.3, -0.25) is 0 Å². The maximum atomic E-state index is 5.46. The summed E-state index contributed by atoms with van der Waals surface area (Å²) in [5.41, 5.74) is 0.437. The van der Waals surface area contributed by atoms with Gasteiger partial charge in [-0.2, -0.15) is 0 Å². The first-order valence-corrected chi connectivity index (χ1v) is 5.61. The molecule has 1 atom stereocenters. The molecule has 1 unspecified atom stereocenters. The highest BCUT2D eigenvalue weighted by Gasteiger charge is 2.13. The molecule has 60 valence electrons. The minimum absolute atomic E-state index is 0.339. The van der Waals surface area contributed by atoms with Crippen molar-refractivity contribution in [1.29, 1.82) is 0 Å². The zero-order valence-corrected chi connectivity index (χ0v) is 8.18. The van der Waals surface area contributed by atoms with Crippen LogP contribution in [0.5, 0.6) is 0 Å². The molecule has 1 fully saturated rings. The summed E-state index contributed by atoms with van der Waals surface area (Å²) in [5, 5.41) is 0. The molecule has 1 aliphatic rings. The number of hydrogen-bond donors (Lipinski definition) is 0. The summed E-state index contributed by atoms with van der Waals surface area (Å²) in [7, 11) is -0.489. The molecule has 0 aromatic heterocycles. The van der Waals surface area contributed by atoms with E-state index in [1.165, 1.54) is 19.3 Å². The van der Waals surface area contributed by atoms with E-state index in [2.05, 4.69) is 0 Å². The Morgan fingerprint density at radius 2 is 2.50 bits per heavy atom. The zero-order chi connectivity index (χ0) is 7.23. The van der Waals surface area contributed by atoms with E-state index in [9.17, 15) is 0 Å². The Morgan fingerprint density at radius 1 is 1.60 bits per heavy atom. The Kier molecular flexibility index (Phi) is 4.37. The largest absolute Gasteiger partial charge is 0.408 e. The summed E-state index contributed by atoms with van der Waals surface area (Å²) in [5.74, 6) is 0. The van der Waals surface area contributed by atoms with Crippen LogP contribution in [0.2, 0.25) is 0 Å². The van der Waals surface area contributed by atoms with Crippen molar-refractivity contribution in [1.82, 2.24) is 0 Å². The molecule has 0 radical (unpaired) electrons. The molecule has 4 heteroatoms. The van der Waals surface area contributed by atoms with Crippen LogP contribution in [-0.4, -0.2) is 28.2 Å². The highest BCUT2D eigenvalue weighted by molar-refractivity contribution is 6.30. The second kappa shape index (κ2) is 5.13. The van der Waals surface area contributed by atoms with Gasteiger partial charge < -0.3 is 9.16 Å². The number of ether oxygens (including phenoxy) is 1. The third-order valence-corrected chi connectivity index (χ3v) is 3.52. The van der Waals surface area contributed by atoms with Crippen LogP contribution in [0.25, 0.3) is 0 Å². The Labute approximate surface area is 68.8 Å². The van der Waals surface area contributed by atoms with Crippen molar-refractivity contribution in [3.05, 3.63) is 0 Å². The molecular weight excluding hydrogens is 168 g/mol. The minimum Gasteiger partial charge on any atom is -0.408 e.